The lowest BCUT2D eigenvalue weighted by Crippen LogP contribution is -2.50. The van der Waals surface area contributed by atoms with Gasteiger partial charge >= 0.3 is 0 Å². The number of aromatic nitrogens is 8. The molecule has 4 aromatic heterocycles. The zero-order chi connectivity index (χ0) is 29.9. The fourth-order valence-corrected chi connectivity index (χ4v) is 5.94. The molecule has 0 amide bonds. The number of hydrogen-bond acceptors (Lipinski definition) is 10. The highest BCUT2D eigenvalue weighted by Crippen LogP contribution is 2.33. The van der Waals surface area contributed by atoms with Gasteiger partial charge < -0.3 is 8.83 Å². The van der Waals surface area contributed by atoms with Crippen molar-refractivity contribution >= 4 is 0 Å². The summed E-state index contributed by atoms with van der Waals surface area (Å²) in [6.07, 6.45) is 3.34. The molecule has 0 aliphatic carbocycles. The first-order chi connectivity index (χ1) is 21.6. The Balaban J connectivity index is 1.18. The lowest BCUT2D eigenvalue weighted by atomic mass is 9.99. The third-order valence-electron chi connectivity index (χ3n) is 8.25. The van der Waals surface area contributed by atoms with Gasteiger partial charge in [0.25, 0.3) is 0 Å². The second kappa shape index (κ2) is 12.3. The van der Waals surface area contributed by atoms with Crippen molar-refractivity contribution in [1.82, 2.24) is 50.2 Å². The van der Waals surface area contributed by atoms with Gasteiger partial charge in [-0.05, 0) is 70.1 Å². The van der Waals surface area contributed by atoms with Crippen LogP contribution < -0.4 is 0 Å². The third-order valence-corrected chi connectivity index (χ3v) is 8.25. The quantitative estimate of drug-likeness (QED) is 0.231. The molecule has 0 saturated carbocycles. The molecule has 7 rings (SSSR count). The summed E-state index contributed by atoms with van der Waals surface area (Å²) >= 11 is 0. The van der Waals surface area contributed by atoms with Crippen molar-refractivity contribution in [2.45, 2.75) is 39.0 Å². The largest absolute Gasteiger partial charge is 0.467 e. The Morgan fingerprint density at radius 1 is 0.591 bits per heavy atom. The van der Waals surface area contributed by atoms with E-state index in [-0.39, 0.29) is 12.1 Å². The zero-order valence-electron chi connectivity index (χ0n) is 24.8. The van der Waals surface area contributed by atoms with Crippen molar-refractivity contribution < 1.29 is 8.83 Å². The molecular weight excluding hydrogens is 556 g/mol. The second-order valence-electron chi connectivity index (χ2n) is 11.2. The highest BCUT2D eigenvalue weighted by atomic mass is 16.3. The number of rotatable bonds is 10. The van der Waals surface area contributed by atoms with E-state index in [0.29, 0.717) is 13.1 Å². The van der Waals surface area contributed by atoms with Gasteiger partial charge in [-0.3, -0.25) is 9.80 Å². The Labute approximate surface area is 254 Å². The van der Waals surface area contributed by atoms with Gasteiger partial charge in [0, 0.05) is 26.2 Å². The van der Waals surface area contributed by atoms with Gasteiger partial charge in [-0.2, -0.15) is 0 Å². The first kappa shape index (κ1) is 27.9. The van der Waals surface area contributed by atoms with Crippen molar-refractivity contribution in [2.24, 2.45) is 0 Å². The van der Waals surface area contributed by atoms with Gasteiger partial charge in [-0.1, -0.05) is 59.7 Å². The predicted octanol–water partition coefficient (Wildman–Crippen LogP) is 4.06. The van der Waals surface area contributed by atoms with Crippen LogP contribution in [0.1, 0.15) is 57.5 Å². The van der Waals surface area contributed by atoms with Gasteiger partial charge in [0.05, 0.1) is 24.6 Å². The summed E-state index contributed by atoms with van der Waals surface area (Å²) in [6.45, 7) is 8.33. The van der Waals surface area contributed by atoms with E-state index in [0.717, 1.165) is 60.5 Å². The summed E-state index contributed by atoms with van der Waals surface area (Å²) in [7, 11) is 0. The van der Waals surface area contributed by atoms with Gasteiger partial charge in [0.15, 0.2) is 11.6 Å². The Bertz CT molecular complexity index is 1620. The van der Waals surface area contributed by atoms with Crippen LogP contribution in [-0.2, 0) is 13.1 Å². The van der Waals surface area contributed by atoms with Crippen molar-refractivity contribution in [3.05, 3.63) is 131 Å². The minimum absolute atomic E-state index is 0.121. The zero-order valence-corrected chi connectivity index (χ0v) is 24.8. The van der Waals surface area contributed by atoms with E-state index in [1.165, 1.54) is 11.1 Å². The lowest BCUT2D eigenvalue weighted by molar-refractivity contribution is 0.0824. The standard InChI is InChI=1S/C32H34N10O2/c1-23-7-11-25(12-8-23)29(31-33-35-37-41(31)21-27-5-3-19-43-27)39-15-17-40(18-16-39)30(26-13-9-24(2)10-14-26)32-34-36-38-42(32)22-28-6-4-20-44-28/h3-14,19-20,29-30H,15-18,21-22H2,1-2H3. The fraction of sp³-hybridized carbons (Fsp3) is 0.312. The normalized spacial score (nSPS) is 15.9. The van der Waals surface area contributed by atoms with Crippen molar-refractivity contribution in [3.63, 3.8) is 0 Å². The summed E-state index contributed by atoms with van der Waals surface area (Å²) in [5, 5.41) is 25.9. The van der Waals surface area contributed by atoms with E-state index in [2.05, 4.69) is 103 Å². The molecule has 44 heavy (non-hydrogen) atoms. The maximum atomic E-state index is 5.62. The van der Waals surface area contributed by atoms with Gasteiger partial charge in [-0.15, -0.1) is 10.2 Å². The molecule has 0 radical (unpaired) electrons. The van der Waals surface area contributed by atoms with E-state index < -0.39 is 0 Å². The van der Waals surface area contributed by atoms with E-state index in [9.17, 15) is 0 Å². The number of nitrogens with zero attached hydrogens (tertiary/aromatic N) is 10. The Hall–Kier alpha value is -4.94. The van der Waals surface area contributed by atoms with Gasteiger partial charge in [-0.25, -0.2) is 9.36 Å². The van der Waals surface area contributed by atoms with Crippen molar-refractivity contribution in [1.29, 1.82) is 0 Å². The van der Waals surface area contributed by atoms with E-state index in [1.807, 2.05) is 33.6 Å². The Morgan fingerprint density at radius 2 is 1.00 bits per heavy atom. The van der Waals surface area contributed by atoms with Crippen LogP contribution in [0.3, 0.4) is 0 Å². The molecule has 2 unspecified atom stereocenters. The topological polar surface area (TPSA) is 120 Å². The number of hydrogen-bond donors (Lipinski definition) is 0. The van der Waals surface area contributed by atoms with E-state index in [1.54, 1.807) is 12.5 Å². The van der Waals surface area contributed by atoms with Crippen LogP contribution in [-0.4, -0.2) is 76.4 Å². The minimum Gasteiger partial charge on any atom is -0.467 e. The highest BCUT2D eigenvalue weighted by molar-refractivity contribution is 5.30. The lowest BCUT2D eigenvalue weighted by Gasteiger charge is -2.41. The summed E-state index contributed by atoms with van der Waals surface area (Å²) in [4.78, 5) is 4.92. The summed E-state index contributed by atoms with van der Waals surface area (Å²) in [5.74, 6) is 3.19. The average molecular weight is 591 g/mol. The molecular formula is C32H34N10O2. The molecule has 5 heterocycles. The first-order valence-electron chi connectivity index (χ1n) is 14.8. The third kappa shape index (κ3) is 5.81. The maximum Gasteiger partial charge on any atom is 0.173 e. The van der Waals surface area contributed by atoms with Crippen LogP contribution >= 0.6 is 0 Å². The van der Waals surface area contributed by atoms with Crippen LogP contribution in [0.4, 0.5) is 0 Å². The van der Waals surface area contributed by atoms with Crippen molar-refractivity contribution in [3.8, 4) is 0 Å². The van der Waals surface area contributed by atoms with Crippen LogP contribution in [0.5, 0.6) is 0 Å². The minimum atomic E-state index is -0.121. The fourth-order valence-electron chi connectivity index (χ4n) is 5.94. The molecule has 1 aliphatic rings. The van der Waals surface area contributed by atoms with E-state index >= 15 is 0 Å². The van der Waals surface area contributed by atoms with Crippen LogP contribution in [0.2, 0.25) is 0 Å². The van der Waals surface area contributed by atoms with Crippen molar-refractivity contribution in [2.75, 3.05) is 26.2 Å². The number of benzene rings is 2. The highest BCUT2D eigenvalue weighted by Gasteiger charge is 2.35. The van der Waals surface area contributed by atoms with Crippen LogP contribution in [0.25, 0.3) is 0 Å². The molecule has 0 spiro atoms. The first-order valence-corrected chi connectivity index (χ1v) is 14.8. The molecule has 1 fully saturated rings. The van der Waals surface area contributed by atoms with Gasteiger partial charge in [0.2, 0.25) is 0 Å². The predicted molar refractivity (Wildman–Crippen MR) is 160 cm³/mol. The molecule has 12 nitrogen and oxygen atoms in total. The van der Waals surface area contributed by atoms with E-state index in [4.69, 9.17) is 8.83 Å². The number of piperazine rings is 1. The second-order valence-corrected chi connectivity index (χ2v) is 11.2. The number of tetrazole rings is 2. The molecule has 6 aromatic rings. The number of furan rings is 2. The summed E-state index contributed by atoms with van der Waals surface area (Å²) < 4.78 is 14.9. The number of aryl methyl sites for hydroxylation is 2. The van der Waals surface area contributed by atoms with Crippen LogP contribution in [0, 0.1) is 13.8 Å². The van der Waals surface area contributed by atoms with Crippen LogP contribution in [0.15, 0.2) is 94.2 Å². The molecule has 12 heteroatoms. The molecule has 224 valence electrons. The molecule has 1 aliphatic heterocycles. The molecule has 0 bridgehead atoms. The molecule has 1 saturated heterocycles. The van der Waals surface area contributed by atoms with Gasteiger partial charge in [0.1, 0.15) is 24.6 Å². The Morgan fingerprint density at radius 3 is 1.36 bits per heavy atom. The Kier molecular flexibility index (Phi) is 7.82. The maximum absolute atomic E-state index is 5.62. The summed E-state index contributed by atoms with van der Waals surface area (Å²) in [6, 6.07) is 24.7. The average Bonchev–Trinajstić information content (AvgIpc) is 3.88. The SMILES string of the molecule is Cc1ccc(C(c2nnnn2Cc2ccco2)N2CCN(C(c3ccc(C)cc3)c3nnnn3Cc3ccco3)CC2)cc1. The monoisotopic (exact) mass is 590 g/mol. The smallest absolute Gasteiger partial charge is 0.173 e. The molecule has 0 N–H and O–H groups in total. The molecule has 2 aromatic carbocycles. The summed E-state index contributed by atoms with van der Waals surface area (Å²) in [5.41, 5.74) is 4.72. The molecule has 2 atom stereocenters.